The molecular weight excluding hydrogens is 368 g/mol. The van der Waals surface area contributed by atoms with Crippen LogP contribution in [0, 0.1) is 17.0 Å². The van der Waals surface area contributed by atoms with Gasteiger partial charge in [0.15, 0.2) is 5.13 Å². The van der Waals surface area contributed by atoms with Crippen LogP contribution in [-0.2, 0) is 0 Å². The molecule has 120 valence electrons. The Morgan fingerprint density at radius 2 is 2.00 bits per heavy atom. The van der Waals surface area contributed by atoms with Gasteiger partial charge < -0.3 is 0 Å². The van der Waals surface area contributed by atoms with Crippen LogP contribution >= 0.6 is 34.0 Å². The molecule has 4 rings (SSSR count). The molecule has 0 aliphatic carbocycles. The van der Waals surface area contributed by atoms with Crippen molar-refractivity contribution in [2.75, 3.05) is 5.32 Å². The van der Waals surface area contributed by atoms with E-state index in [9.17, 15) is 14.9 Å². The highest BCUT2D eigenvalue weighted by Gasteiger charge is 2.17. The number of thiophene rings is 1. The Labute approximate surface area is 146 Å². The summed E-state index contributed by atoms with van der Waals surface area (Å²) in [5, 5.41) is 14.8. The number of rotatable bonds is 3. The molecule has 7 nitrogen and oxygen atoms in total. The van der Waals surface area contributed by atoms with Crippen molar-refractivity contribution in [1.29, 1.82) is 0 Å². The first-order valence-corrected chi connectivity index (χ1v) is 9.18. The molecule has 1 N–H and O–H groups in total. The Bertz CT molecular complexity index is 1110. The van der Waals surface area contributed by atoms with Gasteiger partial charge >= 0.3 is 5.00 Å². The van der Waals surface area contributed by atoms with Gasteiger partial charge in [0.1, 0.15) is 5.52 Å². The van der Waals surface area contributed by atoms with Gasteiger partial charge in [-0.25, -0.2) is 9.97 Å². The highest BCUT2D eigenvalue weighted by atomic mass is 32.1. The number of amides is 1. The van der Waals surface area contributed by atoms with Crippen LogP contribution in [0.1, 0.15) is 14.7 Å². The fraction of sp³-hybridized carbons (Fsp3) is 0.0714. The molecule has 0 atom stereocenters. The van der Waals surface area contributed by atoms with Crippen LogP contribution < -0.4 is 5.32 Å². The number of aryl methyl sites for hydroxylation is 1. The molecule has 24 heavy (non-hydrogen) atoms. The number of fused-ring (bicyclic) bond motifs is 3. The quantitative estimate of drug-likeness (QED) is 0.421. The zero-order valence-electron chi connectivity index (χ0n) is 12.1. The van der Waals surface area contributed by atoms with Gasteiger partial charge in [-0.2, -0.15) is 0 Å². The number of aromatic nitrogens is 2. The van der Waals surface area contributed by atoms with E-state index < -0.39 is 10.8 Å². The second kappa shape index (κ2) is 5.58. The minimum absolute atomic E-state index is 0.0656. The van der Waals surface area contributed by atoms with Crippen molar-refractivity contribution in [3.8, 4) is 0 Å². The second-order valence-electron chi connectivity index (χ2n) is 4.86. The van der Waals surface area contributed by atoms with Crippen LogP contribution in [0.4, 0.5) is 10.1 Å². The van der Waals surface area contributed by atoms with Crippen molar-refractivity contribution >= 4 is 70.5 Å². The van der Waals surface area contributed by atoms with Crippen molar-refractivity contribution in [3.05, 3.63) is 44.3 Å². The predicted molar refractivity (Wildman–Crippen MR) is 96.5 cm³/mol. The molecule has 0 fully saturated rings. The third-order valence-electron chi connectivity index (χ3n) is 3.24. The van der Waals surface area contributed by atoms with Crippen molar-refractivity contribution < 1.29 is 9.72 Å². The first-order chi connectivity index (χ1) is 11.5. The minimum atomic E-state index is -0.513. The molecule has 0 aliphatic heterocycles. The van der Waals surface area contributed by atoms with Crippen LogP contribution in [0.25, 0.3) is 20.4 Å². The Kier molecular flexibility index (Phi) is 3.52. The van der Waals surface area contributed by atoms with E-state index in [0.29, 0.717) is 5.13 Å². The lowest BCUT2D eigenvalue weighted by atomic mass is 10.3. The molecule has 0 unspecified atom stereocenters. The van der Waals surface area contributed by atoms with Crippen LogP contribution in [-0.4, -0.2) is 20.8 Å². The average Bonchev–Trinajstić information content (AvgIpc) is 3.22. The van der Waals surface area contributed by atoms with E-state index in [1.807, 2.05) is 19.1 Å². The highest BCUT2D eigenvalue weighted by molar-refractivity contribution is 7.24. The lowest BCUT2D eigenvalue weighted by molar-refractivity contribution is -0.380. The standard InChI is InChI=1S/C14H8N4O3S3/c1-6-15-11-8(22-6)3-2-7-12(11)24-14(16-7)17-13(19)9-4-5-10(23-9)18(20)21/h2-5H,1H3,(H,16,17,19). The van der Waals surface area contributed by atoms with E-state index in [1.165, 1.54) is 23.5 Å². The predicted octanol–water partition coefficient (Wildman–Crippen LogP) is 4.44. The van der Waals surface area contributed by atoms with Crippen LogP contribution in [0.15, 0.2) is 24.3 Å². The number of nitrogens with zero attached hydrogens (tertiary/aromatic N) is 3. The van der Waals surface area contributed by atoms with Gasteiger partial charge in [-0.1, -0.05) is 22.7 Å². The Balaban J connectivity index is 1.67. The number of carbonyl (C=O) groups excluding carboxylic acids is 1. The SMILES string of the molecule is Cc1nc2c(ccc3nc(NC(=O)c4ccc([N+](=O)[O-])s4)sc32)s1. The van der Waals surface area contributed by atoms with Gasteiger partial charge in [0.2, 0.25) is 0 Å². The molecule has 0 saturated heterocycles. The normalized spacial score (nSPS) is 11.2. The van der Waals surface area contributed by atoms with Gasteiger partial charge in [0, 0.05) is 6.07 Å². The summed E-state index contributed by atoms with van der Waals surface area (Å²) < 4.78 is 2.00. The topological polar surface area (TPSA) is 98.0 Å². The molecule has 1 amide bonds. The largest absolute Gasteiger partial charge is 0.324 e. The molecule has 10 heteroatoms. The van der Waals surface area contributed by atoms with E-state index in [2.05, 4.69) is 15.3 Å². The molecule has 3 aromatic heterocycles. The summed E-state index contributed by atoms with van der Waals surface area (Å²) in [6.07, 6.45) is 0. The van der Waals surface area contributed by atoms with Crippen molar-refractivity contribution in [1.82, 2.24) is 9.97 Å². The fourth-order valence-electron chi connectivity index (χ4n) is 2.25. The number of hydrogen-bond donors (Lipinski definition) is 1. The van der Waals surface area contributed by atoms with Crippen LogP contribution in [0.2, 0.25) is 0 Å². The summed E-state index contributed by atoms with van der Waals surface area (Å²) in [4.78, 5) is 31.6. The highest BCUT2D eigenvalue weighted by Crippen LogP contribution is 2.35. The number of thiazole rings is 2. The lowest BCUT2D eigenvalue weighted by Crippen LogP contribution is -2.09. The second-order valence-corrected chi connectivity index (χ2v) is 8.16. The molecule has 0 spiro atoms. The summed E-state index contributed by atoms with van der Waals surface area (Å²) in [6.45, 7) is 1.95. The van der Waals surface area contributed by atoms with Gasteiger partial charge in [-0.15, -0.1) is 11.3 Å². The van der Waals surface area contributed by atoms with E-state index >= 15 is 0 Å². The number of nitro groups is 1. The van der Waals surface area contributed by atoms with Crippen molar-refractivity contribution in [3.63, 3.8) is 0 Å². The number of carbonyl (C=O) groups is 1. The monoisotopic (exact) mass is 376 g/mol. The molecule has 0 bridgehead atoms. The number of anilines is 1. The van der Waals surface area contributed by atoms with Gasteiger partial charge in [0.25, 0.3) is 5.91 Å². The van der Waals surface area contributed by atoms with Gasteiger partial charge in [0.05, 0.1) is 29.7 Å². The zero-order valence-corrected chi connectivity index (χ0v) is 14.6. The summed E-state index contributed by atoms with van der Waals surface area (Å²) in [5.41, 5.74) is 1.66. The number of benzene rings is 1. The maximum Gasteiger partial charge on any atom is 0.324 e. The van der Waals surface area contributed by atoms with Gasteiger partial charge in [-0.05, 0) is 25.1 Å². The molecule has 0 saturated carbocycles. The summed E-state index contributed by atoms with van der Waals surface area (Å²) in [6, 6.07) is 6.63. The van der Waals surface area contributed by atoms with E-state index in [4.69, 9.17) is 0 Å². The van der Waals surface area contributed by atoms with Crippen LogP contribution in [0.5, 0.6) is 0 Å². The molecule has 0 aliphatic rings. The summed E-state index contributed by atoms with van der Waals surface area (Å²) in [7, 11) is 0. The molecule has 4 aromatic rings. The maximum atomic E-state index is 12.2. The van der Waals surface area contributed by atoms with E-state index in [1.54, 1.807) is 11.3 Å². The molecule has 0 radical (unpaired) electrons. The fourth-order valence-corrected chi connectivity index (χ4v) is 4.82. The minimum Gasteiger partial charge on any atom is -0.297 e. The average molecular weight is 376 g/mol. The Morgan fingerprint density at radius 3 is 2.75 bits per heavy atom. The number of hydrogen-bond acceptors (Lipinski definition) is 8. The zero-order chi connectivity index (χ0) is 16.8. The first-order valence-electron chi connectivity index (χ1n) is 6.73. The van der Waals surface area contributed by atoms with E-state index in [0.717, 1.165) is 36.8 Å². The third kappa shape index (κ3) is 2.54. The smallest absolute Gasteiger partial charge is 0.297 e. The van der Waals surface area contributed by atoms with Crippen molar-refractivity contribution in [2.45, 2.75) is 6.92 Å². The van der Waals surface area contributed by atoms with E-state index in [-0.39, 0.29) is 9.88 Å². The molecular formula is C14H8N4O3S3. The number of nitrogens with one attached hydrogen (secondary N) is 1. The lowest BCUT2D eigenvalue weighted by Gasteiger charge is -1.96. The Morgan fingerprint density at radius 1 is 1.17 bits per heavy atom. The Hall–Kier alpha value is -2.43. The first kappa shape index (κ1) is 15.1. The molecule has 1 aromatic carbocycles. The molecule has 3 heterocycles. The maximum absolute atomic E-state index is 12.2. The van der Waals surface area contributed by atoms with Gasteiger partial charge in [-0.3, -0.25) is 20.2 Å². The summed E-state index contributed by atoms with van der Waals surface area (Å²) >= 11 is 3.79. The van der Waals surface area contributed by atoms with Crippen LogP contribution in [0.3, 0.4) is 0 Å². The summed E-state index contributed by atoms with van der Waals surface area (Å²) in [5.74, 6) is -0.405. The third-order valence-corrected chi connectivity index (χ3v) is 6.20. The van der Waals surface area contributed by atoms with Crippen molar-refractivity contribution in [2.24, 2.45) is 0 Å².